The third-order valence-electron chi connectivity index (χ3n) is 9.99. The van der Waals surface area contributed by atoms with Gasteiger partial charge in [0.15, 0.2) is 0 Å². The number of nitrogens with zero attached hydrogens (tertiary/aromatic N) is 1. The largest absolute Gasteiger partial charge is 0.347 e. The molecule has 1 aliphatic heterocycles. The first-order chi connectivity index (χ1) is 20.9. The fraction of sp³-hybridized carbons (Fsp3) is 0.190. The van der Waals surface area contributed by atoms with E-state index in [-0.39, 0.29) is 10.8 Å². The second-order valence-corrected chi connectivity index (χ2v) is 12.8. The molecule has 0 fully saturated rings. The number of allylic oxidation sites excluding steroid dienone is 6. The first-order valence-electron chi connectivity index (χ1n) is 15.4. The fourth-order valence-electron chi connectivity index (χ4n) is 7.81. The zero-order chi connectivity index (χ0) is 29.6. The molecule has 0 radical (unpaired) electrons. The highest BCUT2D eigenvalue weighted by Gasteiger charge is 2.42. The van der Waals surface area contributed by atoms with Crippen LogP contribution < -0.4 is 4.90 Å². The van der Waals surface area contributed by atoms with Crippen LogP contribution in [0.2, 0.25) is 0 Å². The summed E-state index contributed by atoms with van der Waals surface area (Å²) in [7, 11) is 2.22. The van der Waals surface area contributed by atoms with E-state index in [1.807, 2.05) is 0 Å². The van der Waals surface area contributed by atoms with Gasteiger partial charge in [-0.05, 0) is 101 Å². The molecule has 5 aromatic rings. The zero-order valence-corrected chi connectivity index (χ0v) is 25.6. The van der Waals surface area contributed by atoms with E-state index in [0.29, 0.717) is 0 Å². The van der Waals surface area contributed by atoms with Gasteiger partial charge in [-0.2, -0.15) is 0 Å². The van der Waals surface area contributed by atoms with Gasteiger partial charge < -0.3 is 4.90 Å². The van der Waals surface area contributed by atoms with Crippen LogP contribution >= 0.6 is 0 Å². The van der Waals surface area contributed by atoms with Gasteiger partial charge in [0.2, 0.25) is 0 Å². The molecule has 2 unspecified atom stereocenters. The second kappa shape index (κ2) is 10.6. The average molecular weight is 558 g/mol. The lowest BCUT2D eigenvalue weighted by molar-refractivity contribution is 0.567. The predicted molar refractivity (Wildman–Crippen MR) is 184 cm³/mol. The summed E-state index contributed by atoms with van der Waals surface area (Å²) in [4.78, 5) is 2.39. The van der Waals surface area contributed by atoms with E-state index in [0.717, 1.165) is 12.8 Å². The smallest absolute Gasteiger partial charge is 0.0448 e. The van der Waals surface area contributed by atoms with E-state index in [1.165, 1.54) is 61.1 Å². The summed E-state index contributed by atoms with van der Waals surface area (Å²) < 4.78 is 0. The number of benzene rings is 5. The van der Waals surface area contributed by atoms with Gasteiger partial charge in [-0.3, -0.25) is 0 Å². The Labute approximate surface area is 256 Å². The molecule has 2 aliphatic rings. The van der Waals surface area contributed by atoms with Gasteiger partial charge in [0.05, 0.1) is 0 Å². The molecular formula is C42H39N. The lowest BCUT2D eigenvalue weighted by Crippen LogP contribution is -2.28. The molecule has 0 saturated heterocycles. The van der Waals surface area contributed by atoms with Gasteiger partial charge >= 0.3 is 0 Å². The summed E-state index contributed by atoms with van der Waals surface area (Å²) in [6.45, 7) is 7.16. The first kappa shape index (κ1) is 27.2. The molecule has 1 heterocycles. The van der Waals surface area contributed by atoms with Gasteiger partial charge in [-0.1, -0.05) is 122 Å². The van der Waals surface area contributed by atoms with Crippen LogP contribution in [0.25, 0.3) is 16.3 Å². The van der Waals surface area contributed by atoms with Crippen molar-refractivity contribution in [3.63, 3.8) is 0 Å². The Morgan fingerprint density at radius 3 is 1.86 bits per heavy atom. The minimum atomic E-state index is -0.127. The maximum absolute atomic E-state index is 2.44. The van der Waals surface area contributed by atoms with E-state index in [4.69, 9.17) is 0 Å². The van der Waals surface area contributed by atoms with Crippen LogP contribution in [0.15, 0.2) is 151 Å². The van der Waals surface area contributed by atoms with Crippen molar-refractivity contribution in [2.75, 3.05) is 11.9 Å². The second-order valence-electron chi connectivity index (χ2n) is 12.8. The van der Waals surface area contributed by atoms with Gasteiger partial charge in [0.1, 0.15) is 0 Å². The highest BCUT2D eigenvalue weighted by Crippen LogP contribution is 2.51. The molecule has 43 heavy (non-hydrogen) atoms. The monoisotopic (exact) mass is 557 g/mol. The summed E-state index contributed by atoms with van der Waals surface area (Å²) in [5.41, 5.74) is 12.1. The zero-order valence-electron chi connectivity index (χ0n) is 25.6. The molecule has 7 rings (SSSR count). The summed E-state index contributed by atoms with van der Waals surface area (Å²) in [5, 5.41) is 2.61. The molecule has 0 saturated carbocycles. The summed E-state index contributed by atoms with van der Waals surface area (Å²) >= 11 is 0. The first-order valence-corrected chi connectivity index (χ1v) is 15.4. The molecule has 0 N–H and O–H groups in total. The third-order valence-corrected chi connectivity index (χ3v) is 9.99. The molecule has 2 atom stereocenters. The normalized spacial score (nSPS) is 22.1. The number of rotatable bonds is 6. The number of hydrogen-bond acceptors (Lipinski definition) is 1. The topological polar surface area (TPSA) is 3.24 Å². The van der Waals surface area contributed by atoms with Crippen LogP contribution in [-0.2, 0) is 23.7 Å². The molecule has 212 valence electrons. The molecular weight excluding hydrogens is 518 g/mol. The van der Waals surface area contributed by atoms with Crippen LogP contribution in [0.3, 0.4) is 0 Å². The van der Waals surface area contributed by atoms with Crippen molar-refractivity contribution >= 4 is 22.0 Å². The summed E-state index contributed by atoms with van der Waals surface area (Å²) in [6.07, 6.45) is 9.00. The van der Waals surface area contributed by atoms with E-state index in [2.05, 4.69) is 172 Å². The van der Waals surface area contributed by atoms with E-state index >= 15 is 0 Å². The van der Waals surface area contributed by atoms with Crippen LogP contribution in [0, 0.1) is 0 Å². The van der Waals surface area contributed by atoms with Crippen molar-refractivity contribution in [1.29, 1.82) is 0 Å². The lowest BCUT2D eigenvalue weighted by Gasteiger charge is -2.30. The van der Waals surface area contributed by atoms with Crippen molar-refractivity contribution < 1.29 is 0 Å². The Morgan fingerprint density at radius 1 is 0.628 bits per heavy atom. The average Bonchev–Trinajstić information content (AvgIpc) is 3.36. The van der Waals surface area contributed by atoms with Crippen molar-refractivity contribution in [2.24, 2.45) is 0 Å². The van der Waals surface area contributed by atoms with E-state index in [9.17, 15) is 0 Å². The van der Waals surface area contributed by atoms with Gasteiger partial charge in [0, 0.05) is 29.3 Å². The van der Waals surface area contributed by atoms with Crippen molar-refractivity contribution in [3.05, 3.63) is 179 Å². The van der Waals surface area contributed by atoms with Crippen LogP contribution in [-0.4, -0.2) is 7.05 Å². The number of anilines is 1. The maximum Gasteiger partial charge on any atom is 0.0448 e. The van der Waals surface area contributed by atoms with Crippen molar-refractivity contribution in [1.82, 2.24) is 0 Å². The number of likely N-dealkylation sites (N-methyl/N-ethyl adjacent to an activating group) is 1. The van der Waals surface area contributed by atoms with E-state index in [1.54, 1.807) is 0 Å². The SMILES string of the molecule is CC1=C(/C=C/C=C2/N(C)c3ccccc3C2(C)Cc2ccccc2)C(C)(Cc2ccccc2)c2cc3ccccc3cc21. The minimum absolute atomic E-state index is 0.121. The molecule has 0 bridgehead atoms. The van der Waals surface area contributed by atoms with Gasteiger partial charge in [0.25, 0.3) is 0 Å². The number of para-hydroxylation sites is 1. The highest BCUT2D eigenvalue weighted by molar-refractivity contribution is 5.92. The summed E-state index contributed by atoms with van der Waals surface area (Å²) in [6, 6.07) is 44.4. The Bertz CT molecular complexity index is 1910. The minimum Gasteiger partial charge on any atom is -0.347 e. The maximum atomic E-state index is 2.44. The Kier molecular flexibility index (Phi) is 6.70. The molecule has 1 aliphatic carbocycles. The molecule has 0 spiro atoms. The standard InChI is InChI=1S/C42H39N/c1-30-35-26-33-20-11-12-21-34(33)27-38(35)41(2,28-31-16-7-5-8-17-31)36(30)23-15-25-40-42(3,29-32-18-9-6-10-19-32)37-22-13-14-24-39(37)43(40)4/h5-27H,28-29H2,1-4H3/b23-15+,40-25+. The van der Waals surface area contributed by atoms with Crippen LogP contribution in [0.4, 0.5) is 5.69 Å². The van der Waals surface area contributed by atoms with Gasteiger partial charge in [-0.25, -0.2) is 0 Å². The molecule has 0 aromatic heterocycles. The molecule has 0 amide bonds. The Hall–Kier alpha value is -4.62. The highest BCUT2D eigenvalue weighted by atomic mass is 15.2. The van der Waals surface area contributed by atoms with Crippen molar-refractivity contribution in [3.8, 4) is 0 Å². The molecule has 5 aromatic carbocycles. The third kappa shape index (κ3) is 4.55. The lowest BCUT2D eigenvalue weighted by atomic mass is 9.73. The van der Waals surface area contributed by atoms with Crippen LogP contribution in [0.1, 0.15) is 48.6 Å². The predicted octanol–water partition coefficient (Wildman–Crippen LogP) is 10.2. The molecule has 1 heteroatoms. The van der Waals surface area contributed by atoms with Crippen molar-refractivity contribution in [2.45, 2.75) is 44.4 Å². The molecule has 1 nitrogen and oxygen atoms in total. The fourth-order valence-corrected chi connectivity index (χ4v) is 7.81. The number of fused-ring (bicyclic) bond motifs is 3. The quantitative estimate of drug-likeness (QED) is 0.201. The van der Waals surface area contributed by atoms with Gasteiger partial charge in [-0.15, -0.1) is 0 Å². The number of hydrogen-bond donors (Lipinski definition) is 0. The van der Waals surface area contributed by atoms with Crippen LogP contribution in [0.5, 0.6) is 0 Å². The Balaban J connectivity index is 1.32. The van der Waals surface area contributed by atoms with E-state index < -0.39 is 0 Å². The Morgan fingerprint density at radius 2 is 1.19 bits per heavy atom. The summed E-state index contributed by atoms with van der Waals surface area (Å²) in [5.74, 6) is 0.